The summed E-state index contributed by atoms with van der Waals surface area (Å²) in [7, 11) is 0. The number of hydrogen-bond donors (Lipinski definition) is 0. The Morgan fingerprint density at radius 1 is 1.70 bits per heavy atom. The molecule has 0 amide bonds. The van der Waals surface area contributed by atoms with Gasteiger partial charge in [0.2, 0.25) is 0 Å². The molecular weight excluding hydrogens is 152 g/mol. The van der Waals surface area contributed by atoms with E-state index in [1.165, 1.54) is 19.2 Å². The number of carbonyl (C=O) groups is 1. The molecule has 3 nitrogen and oxygen atoms in total. The van der Waals surface area contributed by atoms with Crippen LogP contribution in [0.15, 0.2) is 12.3 Å². The largest absolute Gasteiger partial charge is 0.293 e. The number of rotatable bonds is 1. The average molecular weight is 157 g/mol. The van der Waals surface area contributed by atoms with Gasteiger partial charge in [0.1, 0.15) is 5.69 Å². The van der Waals surface area contributed by atoms with E-state index in [-0.39, 0.29) is 5.78 Å². The first-order chi connectivity index (χ1) is 4.70. The second-order valence-corrected chi connectivity index (χ2v) is 2.25. The Bertz CT molecular complexity index is 262. The lowest BCUT2D eigenvalue weighted by Gasteiger charge is -1.90. The van der Waals surface area contributed by atoms with Crippen LogP contribution in [0.3, 0.4) is 0 Å². The van der Waals surface area contributed by atoms with Crippen LogP contribution in [0, 0.1) is 0 Å². The highest BCUT2D eigenvalue weighted by atomic mass is 35.5. The average Bonchev–Trinajstić information content (AvgIpc) is 1.88. The van der Waals surface area contributed by atoms with Crippen LogP contribution < -0.4 is 0 Å². The summed E-state index contributed by atoms with van der Waals surface area (Å²) in [6.07, 6.45) is 1.38. The summed E-state index contributed by atoms with van der Waals surface area (Å²) >= 11 is 5.53. The standard InChI is InChI=1S/C6H5ClN2O/c1-4(10)6-2-5(7)3-8-9-6/h2-3H,1H3. The number of ketones is 1. The van der Waals surface area contributed by atoms with E-state index in [4.69, 9.17) is 11.6 Å². The maximum atomic E-state index is 10.6. The molecule has 52 valence electrons. The first kappa shape index (κ1) is 7.15. The van der Waals surface area contributed by atoms with Crippen LogP contribution in [0.25, 0.3) is 0 Å². The molecule has 0 bridgehead atoms. The van der Waals surface area contributed by atoms with E-state index in [0.717, 1.165) is 0 Å². The molecule has 4 heteroatoms. The van der Waals surface area contributed by atoms with E-state index in [9.17, 15) is 4.79 Å². The molecule has 1 aromatic heterocycles. The molecule has 1 aromatic rings. The van der Waals surface area contributed by atoms with Crippen molar-refractivity contribution < 1.29 is 4.79 Å². The lowest BCUT2D eigenvalue weighted by Crippen LogP contribution is -1.97. The Morgan fingerprint density at radius 3 is 2.80 bits per heavy atom. The van der Waals surface area contributed by atoms with E-state index in [0.29, 0.717) is 10.7 Å². The maximum absolute atomic E-state index is 10.6. The highest BCUT2D eigenvalue weighted by Crippen LogP contribution is 2.05. The predicted molar refractivity (Wildman–Crippen MR) is 37.0 cm³/mol. The summed E-state index contributed by atoms with van der Waals surface area (Å²) in [5.41, 5.74) is 0.299. The number of carbonyl (C=O) groups excluding carboxylic acids is 1. The fraction of sp³-hybridized carbons (Fsp3) is 0.167. The second-order valence-electron chi connectivity index (χ2n) is 1.82. The molecule has 0 unspecified atom stereocenters. The van der Waals surface area contributed by atoms with Crippen LogP contribution in [-0.2, 0) is 0 Å². The van der Waals surface area contributed by atoms with Gasteiger partial charge in [0.25, 0.3) is 0 Å². The molecule has 1 heterocycles. The first-order valence-corrected chi connectivity index (χ1v) is 3.07. The van der Waals surface area contributed by atoms with Crippen LogP contribution in [0.2, 0.25) is 5.02 Å². The van der Waals surface area contributed by atoms with Gasteiger partial charge in [-0.05, 0) is 6.07 Å². The molecule has 0 aliphatic carbocycles. The molecule has 0 spiro atoms. The van der Waals surface area contributed by atoms with Gasteiger partial charge in [0, 0.05) is 6.92 Å². The minimum absolute atomic E-state index is 0.130. The van der Waals surface area contributed by atoms with Gasteiger partial charge < -0.3 is 0 Å². The molecular formula is C6H5ClN2O. The summed E-state index contributed by atoms with van der Waals surface area (Å²) in [5.74, 6) is -0.130. The molecule has 0 atom stereocenters. The molecule has 10 heavy (non-hydrogen) atoms. The summed E-state index contributed by atoms with van der Waals surface area (Å²) in [6, 6.07) is 1.48. The van der Waals surface area contributed by atoms with Gasteiger partial charge in [0.15, 0.2) is 5.78 Å². The number of aromatic nitrogens is 2. The van der Waals surface area contributed by atoms with Gasteiger partial charge in [-0.2, -0.15) is 5.10 Å². The van der Waals surface area contributed by atoms with Crippen molar-refractivity contribution in [3.8, 4) is 0 Å². The van der Waals surface area contributed by atoms with Crippen molar-refractivity contribution in [2.45, 2.75) is 6.92 Å². The zero-order valence-corrected chi connectivity index (χ0v) is 6.09. The second kappa shape index (κ2) is 2.75. The molecule has 0 aliphatic rings. The Kier molecular flexibility index (Phi) is 1.97. The van der Waals surface area contributed by atoms with Crippen LogP contribution in [0.5, 0.6) is 0 Å². The van der Waals surface area contributed by atoms with E-state index in [1.807, 2.05) is 0 Å². The van der Waals surface area contributed by atoms with Gasteiger partial charge in [-0.25, -0.2) is 0 Å². The lowest BCUT2D eigenvalue weighted by molar-refractivity contribution is 0.101. The van der Waals surface area contributed by atoms with E-state index < -0.39 is 0 Å². The Hall–Kier alpha value is -0.960. The topological polar surface area (TPSA) is 42.9 Å². The van der Waals surface area contributed by atoms with Crippen molar-refractivity contribution in [1.82, 2.24) is 10.2 Å². The van der Waals surface area contributed by atoms with Gasteiger partial charge in [0.05, 0.1) is 11.2 Å². The molecule has 1 rings (SSSR count). The van der Waals surface area contributed by atoms with Crippen molar-refractivity contribution in [2.75, 3.05) is 0 Å². The van der Waals surface area contributed by atoms with Crippen molar-refractivity contribution in [2.24, 2.45) is 0 Å². The molecule has 0 radical (unpaired) electrons. The molecule has 0 N–H and O–H groups in total. The highest BCUT2D eigenvalue weighted by molar-refractivity contribution is 6.30. The number of hydrogen-bond acceptors (Lipinski definition) is 3. The van der Waals surface area contributed by atoms with Crippen LogP contribution >= 0.6 is 11.6 Å². The normalized spacial score (nSPS) is 9.40. The molecule has 0 saturated heterocycles. The van der Waals surface area contributed by atoms with Crippen molar-refractivity contribution in [3.05, 3.63) is 23.0 Å². The van der Waals surface area contributed by atoms with Crippen LogP contribution in [-0.4, -0.2) is 16.0 Å². The summed E-state index contributed by atoms with van der Waals surface area (Å²) in [4.78, 5) is 10.6. The molecule has 0 aliphatic heterocycles. The molecule has 0 fully saturated rings. The fourth-order valence-electron chi connectivity index (χ4n) is 0.515. The number of halogens is 1. The zero-order chi connectivity index (χ0) is 7.56. The van der Waals surface area contributed by atoms with Crippen molar-refractivity contribution in [1.29, 1.82) is 0 Å². The Labute approximate surface area is 63.0 Å². The van der Waals surface area contributed by atoms with E-state index in [2.05, 4.69) is 10.2 Å². The number of nitrogens with zero attached hydrogens (tertiary/aromatic N) is 2. The summed E-state index contributed by atoms with van der Waals surface area (Å²) < 4.78 is 0. The van der Waals surface area contributed by atoms with Crippen LogP contribution in [0.4, 0.5) is 0 Å². The first-order valence-electron chi connectivity index (χ1n) is 2.69. The van der Waals surface area contributed by atoms with Gasteiger partial charge in [-0.15, -0.1) is 5.10 Å². The zero-order valence-electron chi connectivity index (χ0n) is 5.34. The summed E-state index contributed by atoms with van der Waals surface area (Å²) in [5, 5.41) is 7.49. The monoisotopic (exact) mass is 156 g/mol. The predicted octanol–water partition coefficient (Wildman–Crippen LogP) is 1.33. The minimum atomic E-state index is -0.130. The van der Waals surface area contributed by atoms with E-state index in [1.54, 1.807) is 0 Å². The summed E-state index contributed by atoms with van der Waals surface area (Å²) in [6.45, 7) is 1.42. The fourth-order valence-corrected chi connectivity index (χ4v) is 0.662. The highest BCUT2D eigenvalue weighted by Gasteiger charge is 2.00. The Balaban J connectivity index is 3.07. The third-order valence-corrected chi connectivity index (χ3v) is 1.19. The van der Waals surface area contributed by atoms with Gasteiger partial charge in [-0.3, -0.25) is 4.79 Å². The van der Waals surface area contributed by atoms with Gasteiger partial charge >= 0.3 is 0 Å². The SMILES string of the molecule is CC(=O)c1cc(Cl)cnn1. The van der Waals surface area contributed by atoms with Crippen LogP contribution in [0.1, 0.15) is 17.4 Å². The van der Waals surface area contributed by atoms with Crippen molar-refractivity contribution >= 4 is 17.4 Å². The number of Topliss-reactive ketones (excluding diaryl/α,β-unsaturated/α-hetero) is 1. The third kappa shape index (κ3) is 1.51. The molecule has 0 saturated carbocycles. The smallest absolute Gasteiger partial charge is 0.180 e. The Morgan fingerprint density at radius 2 is 2.40 bits per heavy atom. The minimum Gasteiger partial charge on any atom is -0.293 e. The third-order valence-electron chi connectivity index (χ3n) is 0.982. The lowest BCUT2D eigenvalue weighted by atomic mass is 10.3. The van der Waals surface area contributed by atoms with Gasteiger partial charge in [-0.1, -0.05) is 11.6 Å². The quantitative estimate of drug-likeness (QED) is 0.577. The maximum Gasteiger partial charge on any atom is 0.180 e. The van der Waals surface area contributed by atoms with E-state index >= 15 is 0 Å². The molecule has 0 aromatic carbocycles. The van der Waals surface area contributed by atoms with Crippen molar-refractivity contribution in [3.63, 3.8) is 0 Å².